The van der Waals surface area contributed by atoms with E-state index >= 15 is 0 Å². The van der Waals surface area contributed by atoms with E-state index in [2.05, 4.69) is 0 Å². The van der Waals surface area contributed by atoms with Crippen molar-refractivity contribution in [3.8, 4) is 0 Å². The molecule has 8 nitrogen and oxygen atoms in total. The van der Waals surface area contributed by atoms with Gasteiger partial charge in [0, 0.05) is 22.3 Å². The highest BCUT2D eigenvalue weighted by Crippen LogP contribution is 2.20. The molecule has 4 N–H and O–H groups in total. The lowest BCUT2D eigenvalue weighted by molar-refractivity contribution is 0.0487. The predicted octanol–water partition coefficient (Wildman–Crippen LogP) is 6.37. The maximum atomic E-state index is 12.0. The Morgan fingerprint density at radius 2 is 0.480 bits per heavy atom. The molecule has 264 valence electrons. The van der Waals surface area contributed by atoms with Crippen LogP contribution in [-0.2, 0) is 12.8 Å². The molecule has 4 rings (SSSR count). The molecule has 0 unspecified atom stereocenters. The normalized spacial score (nSPS) is 12.1. The van der Waals surface area contributed by atoms with Crippen molar-refractivity contribution in [3.63, 3.8) is 0 Å². The minimum Gasteiger partial charge on any atom is -0.382 e. The Balaban J connectivity index is 0.000000270. The Labute approximate surface area is 294 Å². The molecule has 4 aromatic rings. The molecule has 0 radical (unpaired) electrons. The summed E-state index contributed by atoms with van der Waals surface area (Å²) >= 11 is 0. The van der Waals surface area contributed by atoms with Gasteiger partial charge in [-0.05, 0) is 90.5 Å². The fraction of sp³-hybridized carbons (Fsp3) is 0.333. The maximum Gasteiger partial charge on any atom is 0.193 e. The van der Waals surface area contributed by atoms with E-state index in [1.165, 1.54) is 55.4 Å². The molecule has 50 heavy (non-hydrogen) atoms. The first-order chi connectivity index (χ1) is 23.0. The van der Waals surface area contributed by atoms with Crippen molar-refractivity contribution < 1.29 is 39.6 Å². The van der Waals surface area contributed by atoms with Gasteiger partial charge in [0.05, 0.1) is 0 Å². The number of carbonyl (C=O) groups is 4. The van der Waals surface area contributed by atoms with E-state index in [1.54, 1.807) is 48.5 Å². The van der Waals surface area contributed by atoms with Crippen LogP contribution < -0.4 is 0 Å². The van der Waals surface area contributed by atoms with Gasteiger partial charge in [-0.2, -0.15) is 0 Å². The zero-order valence-electron chi connectivity index (χ0n) is 30.1. The molecule has 0 aliphatic heterocycles. The van der Waals surface area contributed by atoms with Crippen LogP contribution in [0.3, 0.4) is 0 Å². The molecule has 0 aliphatic rings. The third-order valence-electron chi connectivity index (χ3n) is 7.90. The summed E-state index contributed by atoms with van der Waals surface area (Å²) in [4.78, 5) is 48.1. The highest BCUT2D eigenvalue weighted by molar-refractivity contribution is 6.03. The van der Waals surface area contributed by atoms with Gasteiger partial charge in [0.25, 0.3) is 0 Å². The molecule has 0 atom stereocenters. The van der Waals surface area contributed by atoms with E-state index < -0.39 is 22.4 Å². The third-order valence-corrected chi connectivity index (χ3v) is 7.90. The molecule has 0 spiro atoms. The molecule has 4 aromatic carbocycles. The van der Waals surface area contributed by atoms with Crippen molar-refractivity contribution in [2.24, 2.45) is 0 Å². The molecular formula is C42H48O8. The highest BCUT2D eigenvalue weighted by atomic mass is 16.3. The second kappa shape index (κ2) is 15.5. The van der Waals surface area contributed by atoms with Gasteiger partial charge in [-0.25, -0.2) is 0 Å². The van der Waals surface area contributed by atoms with E-state index in [0.29, 0.717) is 35.1 Å². The summed E-state index contributed by atoms with van der Waals surface area (Å²) in [5.41, 5.74) is 0.448. The average molecular weight is 681 g/mol. The van der Waals surface area contributed by atoms with Crippen LogP contribution in [0, 0.1) is 0 Å². The summed E-state index contributed by atoms with van der Waals surface area (Å²) in [6, 6.07) is 28.5. The minimum atomic E-state index is -1.38. The first-order valence-corrected chi connectivity index (χ1v) is 16.4. The van der Waals surface area contributed by atoms with Crippen molar-refractivity contribution in [2.45, 2.75) is 90.6 Å². The lowest BCUT2D eigenvalue weighted by atomic mass is 9.94. The van der Waals surface area contributed by atoms with Gasteiger partial charge in [-0.3, -0.25) is 19.2 Å². The Morgan fingerprint density at radius 1 is 0.340 bits per heavy atom. The van der Waals surface area contributed by atoms with Gasteiger partial charge in [-0.15, -0.1) is 0 Å². The molecule has 0 heterocycles. The molecule has 0 aliphatic carbocycles. The second-order valence-electron chi connectivity index (χ2n) is 14.7. The van der Waals surface area contributed by atoms with Crippen molar-refractivity contribution in [2.75, 3.05) is 0 Å². The zero-order chi connectivity index (χ0) is 37.7. The van der Waals surface area contributed by atoms with Crippen LogP contribution in [0.5, 0.6) is 0 Å². The van der Waals surface area contributed by atoms with Crippen LogP contribution in [0.1, 0.15) is 119 Å². The molecule has 8 heteroatoms. The summed E-state index contributed by atoms with van der Waals surface area (Å²) in [6.45, 7) is 11.8. The average Bonchev–Trinajstić information content (AvgIpc) is 3.03. The predicted molar refractivity (Wildman–Crippen MR) is 194 cm³/mol. The standard InChI is InChI=1S/2C21H24O4/c2*1-20(2,24)18(22)16-9-5-14(6-10-16)13-15-7-11-17(12-8-15)19(23)21(3,4)25/h2*5-12,24-25H,13H2,1-4H3. The van der Waals surface area contributed by atoms with Crippen LogP contribution in [-0.4, -0.2) is 66.0 Å². The number of hydrogen-bond acceptors (Lipinski definition) is 8. The zero-order valence-corrected chi connectivity index (χ0v) is 30.1. The number of carbonyl (C=O) groups excluding carboxylic acids is 4. The molecular weight excluding hydrogens is 632 g/mol. The molecule has 0 saturated carbocycles. The smallest absolute Gasteiger partial charge is 0.193 e. The molecule has 0 saturated heterocycles. The van der Waals surface area contributed by atoms with Crippen LogP contribution in [0.2, 0.25) is 0 Å². The van der Waals surface area contributed by atoms with Gasteiger partial charge in [0.15, 0.2) is 23.1 Å². The number of hydrogen-bond donors (Lipinski definition) is 4. The molecule has 0 aromatic heterocycles. The number of Topliss-reactive ketones (excluding diaryl/α,β-unsaturated/α-hetero) is 4. The second-order valence-corrected chi connectivity index (χ2v) is 14.7. The number of benzene rings is 4. The lowest BCUT2D eigenvalue weighted by Crippen LogP contribution is -2.31. The van der Waals surface area contributed by atoms with Crippen LogP contribution in [0.4, 0.5) is 0 Å². The third kappa shape index (κ3) is 11.2. The minimum absolute atomic E-state index is 0.312. The SMILES string of the molecule is CC(C)(O)C(=O)c1ccc(Cc2ccc(C(=O)C(C)(C)O)cc2)cc1.CC(C)(O)C(=O)c1ccc(Cc2ccc(C(=O)C(C)(C)O)cc2)cc1. The monoisotopic (exact) mass is 680 g/mol. The summed E-state index contributed by atoms with van der Waals surface area (Å²) in [6.07, 6.45) is 1.32. The molecule has 0 amide bonds. The Hall–Kier alpha value is -4.60. The van der Waals surface area contributed by atoms with E-state index in [-0.39, 0.29) is 23.1 Å². The van der Waals surface area contributed by atoms with E-state index in [4.69, 9.17) is 0 Å². The van der Waals surface area contributed by atoms with Crippen molar-refractivity contribution in [1.82, 2.24) is 0 Å². The summed E-state index contributed by atoms with van der Waals surface area (Å²) in [7, 11) is 0. The van der Waals surface area contributed by atoms with Gasteiger partial charge >= 0.3 is 0 Å². The van der Waals surface area contributed by atoms with E-state index in [1.807, 2.05) is 48.5 Å². The Bertz CT molecular complexity index is 1520. The highest BCUT2D eigenvalue weighted by Gasteiger charge is 2.27. The molecule has 0 bridgehead atoms. The molecule has 0 fully saturated rings. The quantitative estimate of drug-likeness (QED) is 0.126. The topological polar surface area (TPSA) is 149 Å². The number of rotatable bonds is 12. The maximum absolute atomic E-state index is 12.0. The van der Waals surface area contributed by atoms with Gasteiger partial charge < -0.3 is 20.4 Å². The van der Waals surface area contributed by atoms with Gasteiger partial charge in [0.2, 0.25) is 0 Å². The Morgan fingerprint density at radius 3 is 0.600 bits per heavy atom. The van der Waals surface area contributed by atoms with Crippen LogP contribution >= 0.6 is 0 Å². The number of ketones is 4. The van der Waals surface area contributed by atoms with Crippen LogP contribution in [0.15, 0.2) is 97.1 Å². The van der Waals surface area contributed by atoms with Crippen molar-refractivity contribution in [3.05, 3.63) is 142 Å². The van der Waals surface area contributed by atoms with Gasteiger partial charge in [0.1, 0.15) is 22.4 Å². The first-order valence-electron chi connectivity index (χ1n) is 16.4. The summed E-state index contributed by atoms with van der Waals surface area (Å²) in [5, 5.41) is 39.1. The first kappa shape index (κ1) is 39.8. The largest absolute Gasteiger partial charge is 0.382 e. The van der Waals surface area contributed by atoms with E-state index in [0.717, 1.165) is 22.3 Å². The number of aliphatic hydroxyl groups is 4. The van der Waals surface area contributed by atoms with Crippen molar-refractivity contribution >= 4 is 23.1 Å². The lowest BCUT2D eigenvalue weighted by Gasteiger charge is -2.16. The fourth-order valence-electron chi connectivity index (χ4n) is 4.98. The van der Waals surface area contributed by atoms with Crippen LogP contribution in [0.25, 0.3) is 0 Å². The van der Waals surface area contributed by atoms with E-state index in [9.17, 15) is 39.6 Å². The summed E-state index contributed by atoms with van der Waals surface area (Å²) < 4.78 is 0. The summed E-state index contributed by atoms with van der Waals surface area (Å²) in [5.74, 6) is -1.25. The van der Waals surface area contributed by atoms with Crippen molar-refractivity contribution in [1.29, 1.82) is 0 Å². The Kier molecular flexibility index (Phi) is 12.4. The van der Waals surface area contributed by atoms with Gasteiger partial charge in [-0.1, -0.05) is 97.1 Å². The fourth-order valence-corrected chi connectivity index (χ4v) is 4.98.